The maximum absolute atomic E-state index is 14.3. The molecule has 1 aromatic heterocycles. The van der Waals surface area contributed by atoms with Crippen LogP contribution in [0.5, 0.6) is 0 Å². The highest BCUT2D eigenvalue weighted by Crippen LogP contribution is 2.49. The van der Waals surface area contributed by atoms with E-state index in [4.69, 9.17) is 10.5 Å². The van der Waals surface area contributed by atoms with E-state index in [0.29, 0.717) is 12.8 Å². The van der Waals surface area contributed by atoms with Gasteiger partial charge in [0, 0.05) is 42.0 Å². The van der Waals surface area contributed by atoms with E-state index in [1.807, 2.05) is 91.0 Å². The van der Waals surface area contributed by atoms with E-state index in [9.17, 15) is 23.8 Å². The van der Waals surface area contributed by atoms with Crippen LogP contribution in [-0.4, -0.2) is 45.8 Å². The summed E-state index contributed by atoms with van der Waals surface area (Å²) >= 11 is 0. The van der Waals surface area contributed by atoms with Gasteiger partial charge in [0.25, 0.3) is 0 Å². The lowest BCUT2D eigenvalue weighted by molar-refractivity contribution is -0.129. The van der Waals surface area contributed by atoms with E-state index >= 15 is 0 Å². The largest absolute Gasteiger partial charge is 0.445 e. The average Bonchev–Trinajstić information content (AvgIpc) is 3.53. The number of alkyl carbamates (subject to hydrolysis) is 1. The Kier molecular flexibility index (Phi) is 12.6. The molecule has 5 aromatic rings. The third-order valence-electron chi connectivity index (χ3n) is 8.73. The second-order valence-electron chi connectivity index (χ2n) is 12.5. The molecule has 6 N–H and O–H groups in total. The van der Waals surface area contributed by atoms with Crippen LogP contribution >= 0.6 is 7.37 Å². The summed E-state index contributed by atoms with van der Waals surface area (Å²) in [6, 6.07) is 34.5. The summed E-state index contributed by atoms with van der Waals surface area (Å²) in [5.41, 5.74) is 10.0. The molecule has 11 heteroatoms. The van der Waals surface area contributed by atoms with E-state index in [0.717, 1.165) is 33.2 Å². The Morgan fingerprint density at radius 2 is 1.38 bits per heavy atom. The molecule has 5 rings (SSSR count). The van der Waals surface area contributed by atoms with Gasteiger partial charge in [0.15, 0.2) is 0 Å². The molecule has 0 aliphatic carbocycles. The number of fused-ring (bicyclic) bond motifs is 1. The third kappa shape index (κ3) is 10.4. The highest BCUT2D eigenvalue weighted by molar-refractivity contribution is 7.58. The molecule has 50 heavy (non-hydrogen) atoms. The molecule has 4 atom stereocenters. The summed E-state index contributed by atoms with van der Waals surface area (Å²) in [6.45, 7) is -0.0179. The molecule has 0 bridgehead atoms. The maximum Gasteiger partial charge on any atom is 0.408 e. The molecular formula is C39H43N4O6P. The van der Waals surface area contributed by atoms with Crippen LogP contribution in [0.4, 0.5) is 4.79 Å². The molecule has 3 amide bonds. The van der Waals surface area contributed by atoms with Crippen molar-refractivity contribution < 1.29 is 28.6 Å². The van der Waals surface area contributed by atoms with E-state index in [-0.39, 0.29) is 25.9 Å². The Morgan fingerprint density at radius 1 is 0.780 bits per heavy atom. The topological polar surface area (TPSA) is 164 Å². The van der Waals surface area contributed by atoms with Crippen LogP contribution < -0.4 is 16.4 Å². The Bertz CT molecular complexity index is 1900. The molecule has 0 saturated heterocycles. The molecule has 0 spiro atoms. The number of H-pyrrole nitrogens is 1. The van der Waals surface area contributed by atoms with Gasteiger partial charge in [0.2, 0.25) is 19.2 Å². The Balaban J connectivity index is 1.35. The maximum atomic E-state index is 14.3. The van der Waals surface area contributed by atoms with Crippen molar-refractivity contribution in [1.29, 1.82) is 0 Å². The summed E-state index contributed by atoms with van der Waals surface area (Å²) in [7, 11) is -4.29. The van der Waals surface area contributed by atoms with Crippen molar-refractivity contribution in [1.82, 2.24) is 15.6 Å². The standard InChI is InChI=1S/C39H43N4O6P/c40-37(44)35(24-32-25-41-34-22-11-10-21-33(32)34)42-38(45)31(20-12-19-28-13-4-1-5-14-28)27-50(47,48)36(23-29-15-6-2-7-16-29)43-39(46)49-26-30-17-8-3-9-18-30/h1-11,13-18,21-22,25,31,35-36,41H,12,19-20,23-24,26-27H2,(H2,40,44)(H,42,45)(H,43,46)(H,47,48)/t31-,35-,36-/m0/s1. The number of carbonyl (C=O) groups excluding carboxylic acids is 3. The fraction of sp³-hybridized carbons (Fsp3) is 0.256. The van der Waals surface area contributed by atoms with Gasteiger partial charge >= 0.3 is 6.09 Å². The SMILES string of the molecule is NC(=O)[C@H](Cc1c[nH]c2ccccc12)NC(=O)[C@@H](CCCc1ccccc1)CP(=O)(O)[C@@H](Cc1ccccc1)NC(=O)OCc1ccccc1. The van der Waals surface area contributed by atoms with Gasteiger partial charge in [-0.15, -0.1) is 0 Å². The molecule has 4 aromatic carbocycles. The first-order valence-electron chi connectivity index (χ1n) is 16.7. The zero-order valence-electron chi connectivity index (χ0n) is 27.7. The van der Waals surface area contributed by atoms with Crippen molar-refractivity contribution in [3.63, 3.8) is 0 Å². The number of nitrogens with one attached hydrogen (secondary N) is 3. The first-order valence-corrected chi connectivity index (χ1v) is 18.6. The number of hydrogen-bond acceptors (Lipinski definition) is 5. The fourth-order valence-electron chi connectivity index (χ4n) is 6.01. The predicted octanol–water partition coefficient (Wildman–Crippen LogP) is 6.09. The third-order valence-corrected chi connectivity index (χ3v) is 11.0. The quantitative estimate of drug-likeness (QED) is 0.0741. The van der Waals surface area contributed by atoms with Gasteiger partial charge in [-0.05, 0) is 47.6 Å². The number of rotatable bonds is 17. The van der Waals surface area contributed by atoms with Crippen molar-refractivity contribution in [2.45, 2.75) is 50.5 Å². The van der Waals surface area contributed by atoms with Crippen molar-refractivity contribution >= 4 is 36.2 Å². The van der Waals surface area contributed by atoms with Crippen LogP contribution in [0.15, 0.2) is 121 Å². The monoisotopic (exact) mass is 694 g/mol. The normalized spacial score (nSPS) is 14.2. The minimum atomic E-state index is -4.29. The van der Waals surface area contributed by atoms with Crippen LogP contribution in [0.1, 0.15) is 35.1 Å². The van der Waals surface area contributed by atoms with Crippen LogP contribution in [0.3, 0.4) is 0 Å². The van der Waals surface area contributed by atoms with E-state index in [1.54, 1.807) is 30.5 Å². The Labute approximate surface area is 291 Å². The zero-order valence-corrected chi connectivity index (χ0v) is 28.6. The number of nitrogens with two attached hydrogens (primary N) is 1. The highest BCUT2D eigenvalue weighted by Gasteiger charge is 2.38. The predicted molar refractivity (Wildman–Crippen MR) is 194 cm³/mol. The molecule has 1 heterocycles. The second kappa shape index (κ2) is 17.5. The number of ether oxygens (including phenoxy) is 1. The Morgan fingerprint density at radius 3 is 2.04 bits per heavy atom. The number of aromatic nitrogens is 1. The molecular weight excluding hydrogens is 651 g/mol. The first-order chi connectivity index (χ1) is 24.2. The average molecular weight is 695 g/mol. The van der Waals surface area contributed by atoms with Gasteiger partial charge in [0.1, 0.15) is 18.4 Å². The fourth-order valence-corrected chi connectivity index (χ4v) is 8.05. The van der Waals surface area contributed by atoms with Crippen molar-refractivity contribution in [2.24, 2.45) is 11.7 Å². The smallest absolute Gasteiger partial charge is 0.408 e. The lowest BCUT2D eigenvalue weighted by Gasteiger charge is -2.28. The van der Waals surface area contributed by atoms with Crippen LogP contribution in [-0.2, 0) is 44.8 Å². The van der Waals surface area contributed by atoms with Crippen molar-refractivity contribution in [2.75, 3.05) is 6.16 Å². The number of benzene rings is 4. The summed E-state index contributed by atoms with van der Waals surface area (Å²) in [6.07, 6.45) is 2.14. The number of aromatic amines is 1. The number of primary amides is 1. The van der Waals surface area contributed by atoms with E-state index in [2.05, 4.69) is 15.6 Å². The van der Waals surface area contributed by atoms with Gasteiger partial charge in [-0.1, -0.05) is 109 Å². The molecule has 260 valence electrons. The zero-order chi connectivity index (χ0) is 35.3. The van der Waals surface area contributed by atoms with Gasteiger partial charge in [-0.2, -0.15) is 0 Å². The molecule has 0 saturated carbocycles. The highest BCUT2D eigenvalue weighted by atomic mass is 31.2. The minimum Gasteiger partial charge on any atom is -0.445 e. The van der Waals surface area contributed by atoms with Crippen molar-refractivity contribution in [3.8, 4) is 0 Å². The molecule has 0 aliphatic heterocycles. The van der Waals surface area contributed by atoms with Gasteiger partial charge in [0.05, 0.1) is 0 Å². The summed E-state index contributed by atoms with van der Waals surface area (Å²) in [5.74, 6) is -3.47. The number of hydrogen-bond donors (Lipinski definition) is 5. The molecule has 0 fully saturated rings. The Hall–Kier alpha value is -5.18. The summed E-state index contributed by atoms with van der Waals surface area (Å²) in [4.78, 5) is 54.4. The molecule has 10 nitrogen and oxygen atoms in total. The first kappa shape index (κ1) is 36.1. The molecule has 0 aliphatic rings. The van der Waals surface area contributed by atoms with Crippen LogP contribution in [0.2, 0.25) is 0 Å². The molecule has 1 unspecified atom stereocenters. The lowest BCUT2D eigenvalue weighted by atomic mass is 9.98. The summed E-state index contributed by atoms with van der Waals surface area (Å²) in [5, 5.41) is 6.32. The van der Waals surface area contributed by atoms with E-state index in [1.165, 1.54) is 0 Å². The minimum absolute atomic E-state index is 0.0179. The van der Waals surface area contributed by atoms with Gasteiger partial charge in [-0.3, -0.25) is 14.2 Å². The van der Waals surface area contributed by atoms with Gasteiger partial charge < -0.3 is 31.0 Å². The van der Waals surface area contributed by atoms with E-state index < -0.39 is 49.2 Å². The van der Waals surface area contributed by atoms with Crippen LogP contribution in [0.25, 0.3) is 10.9 Å². The molecule has 0 radical (unpaired) electrons. The number of amides is 3. The van der Waals surface area contributed by atoms with Crippen LogP contribution in [0, 0.1) is 5.92 Å². The van der Waals surface area contributed by atoms with Gasteiger partial charge in [-0.25, -0.2) is 4.79 Å². The lowest BCUT2D eigenvalue weighted by Crippen LogP contribution is -2.48. The second-order valence-corrected chi connectivity index (χ2v) is 15.0. The number of aryl methyl sites for hydroxylation is 1. The van der Waals surface area contributed by atoms with Crippen molar-refractivity contribution in [3.05, 3.63) is 144 Å². The number of carbonyl (C=O) groups is 3. The number of para-hydroxylation sites is 1. The summed E-state index contributed by atoms with van der Waals surface area (Å²) < 4.78 is 19.7.